The Labute approximate surface area is 126 Å². The zero-order valence-corrected chi connectivity index (χ0v) is 13.2. The summed E-state index contributed by atoms with van der Waals surface area (Å²) in [5.41, 5.74) is 7.79. The molecule has 1 aromatic carbocycles. The van der Waals surface area contributed by atoms with Crippen LogP contribution in [0.4, 0.5) is 5.69 Å². The van der Waals surface area contributed by atoms with Crippen LogP contribution in [-0.4, -0.2) is 23.9 Å². The van der Waals surface area contributed by atoms with Crippen LogP contribution in [0.3, 0.4) is 0 Å². The molecule has 0 aliphatic carbocycles. The van der Waals surface area contributed by atoms with Crippen molar-refractivity contribution in [2.24, 2.45) is 5.73 Å². The fraction of sp³-hybridized carbons (Fsp3) is 0.500. The molecule has 21 heavy (non-hydrogen) atoms. The van der Waals surface area contributed by atoms with Crippen molar-refractivity contribution in [1.29, 1.82) is 0 Å². The summed E-state index contributed by atoms with van der Waals surface area (Å²) in [7, 11) is 0. The molecule has 0 aromatic heterocycles. The monoisotopic (exact) mass is 291 g/mol. The first-order chi connectivity index (χ1) is 9.85. The summed E-state index contributed by atoms with van der Waals surface area (Å²) < 4.78 is 0. The second-order valence-corrected chi connectivity index (χ2v) is 5.54. The lowest BCUT2D eigenvalue weighted by Crippen LogP contribution is -2.35. The Morgan fingerprint density at radius 3 is 2.52 bits per heavy atom. The zero-order valence-electron chi connectivity index (χ0n) is 13.2. The van der Waals surface area contributed by atoms with Gasteiger partial charge in [0, 0.05) is 17.3 Å². The summed E-state index contributed by atoms with van der Waals surface area (Å²) in [5.74, 6) is -0.368. The number of rotatable bonds is 6. The molecule has 4 N–H and O–H groups in total. The molecular formula is C16H25N3O2. The summed E-state index contributed by atoms with van der Waals surface area (Å²) in [6.45, 7) is 7.66. The van der Waals surface area contributed by atoms with Gasteiger partial charge in [-0.25, -0.2) is 0 Å². The van der Waals surface area contributed by atoms with E-state index in [0.717, 1.165) is 12.0 Å². The Kier molecular flexibility index (Phi) is 6.37. The number of hydrogen-bond donors (Lipinski definition) is 3. The molecule has 5 nitrogen and oxygen atoms in total. The Bertz CT molecular complexity index is 512. The first kappa shape index (κ1) is 17.2. The Morgan fingerprint density at radius 2 is 1.95 bits per heavy atom. The molecule has 0 aliphatic rings. The Morgan fingerprint density at radius 1 is 1.29 bits per heavy atom. The standard InChI is InChI=1S/C16H25N3O2/c1-5-6-14(17)16(21)19-12-8-7-11(4)13(9-12)15(20)18-10(2)3/h7-10,14H,5-6,17H2,1-4H3,(H,18,20)(H,19,21). The van der Waals surface area contributed by atoms with Gasteiger partial charge in [0.25, 0.3) is 5.91 Å². The smallest absolute Gasteiger partial charge is 0.251 e. The topological polar surface area (TPSA) is 84.2 Å². The molecule has 116 valence electrons. The second kappa shape index (κ2) is 7.78. The van der Waals surface area contributed by atoms with Crippen LogP contribution in [-0.2, 0) is 4.79 Å². The average Bonchev–Trinajstić information content (AvgIpc) is 2.40. The molecule has 0 saturated heterocycles. The molecule has 0 bridgehead atoms. The molecule has 1 atom stereocenters. The summed E-state index contributed by atoms with van der Waals surface area (Å²) in [6, 6.07) is 4.81. The molecule has 2 amide bonds. The molecule has 0 fully saturated rings. The van der Waals surface area contributed by atoms with Crippen LogP contribution in [0.5, 0.6) is 0 Å². The summed E-state index contributed by atoms with van der Waals surface area (Å²) >= 11 is 0. The molecule has 5 heteroatoms. The highest BCUT2D eigenvalue weighted by Gasteiger charge is 2.15. The van der Waals surface area contributed by atoms with Gasteiger partial charge in [-0.2, -0.15) is 0 Å². The molecule has 0 saturated carbocycles. The third-order valence-corrected chi connectivity index (χ3v) is 3.11. The molecular weight excluding hydrogens is 266 g/mol. The fourth-order valence-electron chi connectivity index (χ4n) is 1.96. The Balaban J connectivity index is 2.86. The normalized spacial score (nSPS) is 12.1. The summed E-state index contributed by atoms with van der Waals surface area (Å²) in [4.78, 5) is 24.0. The highest BCUT2D eigenvalue weighted by molar-refractivity contribution is 5.99. The van der Waals surface area contributed by atoms with Crippen LogP contribution in [0.15, 0.2) is 18.2 Å². The van der Waals surface area contributed by atoms with E-state index in [1.165, 1.54) is 0 Å². The third kappa shape index (κ3) is 5.19. The predicted molar refractivity (Wildman–Crippen MR) is 85.3 cm³/mol. The number of carbonyl (C=O) groups excluding carboxylic acids is 2. The van der Waals surface area contributed by atoms with Crippen LogP contribution >= 0.6 is 0 Å². The third-order valence-electron chi connectivity index (χ3n) is 3.11. The highest BCUT2D eigenvalue weighted by atomic mass is 16.2. The van der Waals surface area contributed by atoms with E-state index in [9.17, 15) is 9.59 Å². The minimum Gasteiger partial charge on any atom is -0.350 e. The quantitative estimate of drug-likeness (QED) is 0.751. The van der Waals surface area contributed by atoms with Gasteiger partial charge in [-0.3, -0.25) is 9.59 Å². The predicted octanol–water partition coefficient (Wildman–Crippen LogP) is 2.20. The largest absolute Gasteiger partial charge is 0.350 e. The lowest BCUT2D eigenvalue weighted by Gasteiger charge is -2.14. The number of nitrogens with two attached hydrogens (primary N) is 1. The van der Waals surface area contributed by atoms with Crippen LogP contribution < -0.4 is 16.4 Å². The maximum absolute atomic E-state index is 12.1. The SMILES string of the molecule is CCCC(N)C(=O)Nc1ccc(C)c(C(=O)NC(C)C)c1. The average molecular weight is 291 g/mol. The van der Waals surface area contributed by atoms with E-state index in [1.807, 2.05) is 33.8 Å². The number of hydrogen-bond acceptors (Lipinski definition) is 3. The molecule has 1 rings (SSSR count). The molecule has 0 aliphatic heterocycles. The van der Waals surface area contributed by atoms with Gasteiger partial charge in [0.15, 0.2) is 0 Å². The lowest BCUT2D eigenvalue weighted by atomic mass is 10.1. The van der Waals surface area contributed by atoms with Crippen molar-refractivity contribution in [3.8, 4) is 0 Å². The molecule has 0 radical (unpaired) electrons. The van der Waals surface area contributed by atoms with Gasteiger partial charge >= 0.3 is 0 Å². The zero-order chi connectivity index (χ0) is 16.0. The van der Waals surface area contributed by atoms with Gasteiger partial charge in [-0.15, -0.1) is 0 Å². The van der Waals surface area contributed by atoms with Crippen LogP contribution in [0.1, 0.15) is 49.5 Å². The molecule has 1 aromatic rings. The van der Waals surface area contributed by atoms with Gasteiger partial charge < -0.3 is 16.4 Å². The van der Waals surface area contributed by atoms with Crippen molar-refractivity contribution >= 4 is 17.5 Å². The fourth-order valence-corrected chi connectivity index (χ4v) is 1.96. The van der Waals surface area contributed by atoms with Crippen molar-refractivity contribution in [1.82, 2.24) is 5.32 Å². The lowest BCUT2D eigenvalue weighted by molar-refractivity contribution is -0.117. The number of aryl methyl sites for hydroxylation is 1. The van der Waals surface area contributed by atoms with Crippen LogP contribution in [0, 0.1) is 6.92 Å². The maximum atomic E-state index is 12.1. The summed E-state index contributed by atoms with van der Waals surface area (Å²) in [5, 5.41) is 5.61. The Hall–Kier alpha value is -1.88. The van der Waals surface area contributed by atoms with Gasteiger partial charge in [0.1, 0.15) is 0 Å². The number of benzene rings is 1. The minimum absolute atomic E-state index is 0.0631. The number of nitrogens with one attached hydrogen (secondary N) is 2. The van der Waals surface area contributed by atoms with Gasteiger partial charge in [0.2, 0.25) is 5.91 Å². The van der Waals surface area contributed by atoms with Crippen molar-refractivity contribution < 1.29 is 9.59 Å². The first-order valence-corrected chi connectivity index (χ1v) is 7.33. The van der Waals surface area contributed by atoms with E-state index in [-0.39, 0.29) is 17.9 Å². The van der Waals surface area contributed by atoms with Crippen molar-refractivity contribution in [3.05, 3.63) is 29.3 Å². The first-order valence-electron chi connectivity index (χ1n) is 7.33. The number of carbonyl (C=O) groups is 2. The van der Waals surface area contributed by atoms with E-state index in [4.69, 9.17) is 5.73 Å². The van der Waals surface area contributed by atoms with Gasteiger partial charge in [-0.1, -0.05) is 19.4 Å². The summed E-state index contributed by atoms with van der Waals surface area (Å²) in [6.07, 6.45) is 1.49. The molecule has 0 spiro atoms. The van der Waals surface area contributed by atoms with E-state index in [0.29, 0.717) is 17.7 Å². The second-order valence-electron chi connectivity index (χ2n) is 5.54. The van der Waals surface area contributed by atoms with E-state index >= 15 is 0 Å². The van der Waals surface area contributed by atoms with E-state index in [2.05, 4.69) is 10.6 Å². The number of anilines is 1. The van der Waals surface area contributed by atoms with Gasteiger partial charge in [0.05, 0.1) is 6.04 Å². The van der Waals surface area contributed by atoms with Crippen molar-refractivity contribution in [2.45, 2.75) is 52.6 Å². The highest BCUT2D eigenvalue weighted by Crippen LogP contribution is 2.16. The van der Waals surface area contributed by atoms with Crippen LogP contribution in [0.2, 0.25) is 0 Å². The minimum atomic E-state index is -0.524. The molecule has 0 heterocycles. The van der Waals surface area contributed by atoms with Crippen LogP contribution in [0.25, 0.3) is 0 Å². The van der Waals surface area contributed by atoms with E-state index in [1.54, 1.807) is 12.1 Å². The number of amides is 2. The van der Waals surface area contributed by atoms with Crippen molar-refractivity contribution in [2.75, 3.05) is 5.32 Å². The van der Waals surface area contributed by atoms with Gasteiger partial charge in [-0.05, 0) is 44.9 Å². The maximum Gasteiger partial charge on any atom is 0.251 e. The molecule has 1 unspecified atom stereocenters. The van der Waals surface area contributed by atoms with E-state index < -0.39 is 6.04 Å². The van der Waals surface area contributed by atoms with Crippen molar-refractivity contribution in [3.63, 3.8) is 0 Å².